The summed E-state index contributed by atoms with van der Waals surface area (Å²) in [5.41, 5.74) is 2.83. The number of thiophene rings is 1. The molecule has 1 amide bonds. The van der Waals surface area contributed by atoms with E-state index in [0.29, 0.717) is 16.3 Å². The van der Waals surface area contributed by atoms with Crippen molar-refractivity contribution < 1.29 is 19.1 Å². The fourth-order valence-corrected chi connectivity index (χ4v) is 4.49. The van der Waals surface area contributed by atoms with E-state index in [1.807, 2.05) is 43.5 Å². The standard InChI is InChI=1S/C20H20N2O4S2/c1-11-12(2)28-19(21-13(3)23)17(11)20(24)26-9-15-10-27-18(22-15)14-6-5-7-16(8-14)25-4/h5-8,10H,9H2,1-4H3,(H,21,23). The molecule has 1 N–H and O–H groups in total. The highest BCUT2D eigenvalue weighted by Gasteiger charge is 2.22. The van der Waals surface area contributed by atoms with Crippen LogP contribution in [0, 0.1) is 13.8 Å². The van der Waals surface area contributed by atoms with Crippen molar-refractivity contribution in [2.24, 2.45) is 0 Å². The van der Waals surface area contributed by atoms with E-state index < -0.39 is 5.97 Å². The average Bonchev–Trinajstić information content (AvgIpc) is 3.24. The Morgan fingerprint density at radius 2 is 2.04 bits per heavy atom. The summed E-state index contributed by atoms with van der Waals surface area (Å²) >= 11 is 2.84. The van der Waals surface area contributed by atoms with Crippen LogP contribution in [0.2, 0.25) is 0 Å². The smallest absolute Gasteiger partial charge is 0.341 e. The molecular weight excluding hydrogens is 396 g/mol. The van der Waals surface area contributed by atoms with Crippen LogP contribution in [-0.2, 0) is 16.1 Å². The molecule has 0 unspecified atom stereocenters. The molecule has 2 heterocycles. The van der Waals surface area contributed by atoms with Crippen LogP contribution in [0.25, 0.3) is 10.6 Å². The van der Waals surface area contributed by atoms with Crippen molar-refractivity contribution >= 4 is 39.6 Å². The van der Waals surface area contributed by atoms with Gasteiger partial charge in [-0.05, 0) is 31.5 Å². The number of nitrogens with zero attached hydrogens (tertiary/aromatic N) is 1. The minimum atomic E-state index is -0.471. The lowest BCUT2D eigenvalue weighted by molar-refractivity contribution is -0.114. The minimum absolute atomic E-state index is 0.0626. The Morgan fingerprint density at radius 3 is 2.75 bits per heavy atom. The quantitative estimate of drug-likeness (QED) is 0.583. The number of anilines is 1. The van der Waals surface area contributed by atoms with E-state index in [4.69, 9.17) is 9.47 Å². The number of amides is 1. The molecule has 6 nitrogen and oxygen atoms in total. The van der Waals surface area contributed by atoms with Crippen LogP contribution in [0.4, 0.5) is 5.00 Å². The number of hydrogen-bond acceptors (Lipinski definition) is 7. The molecule has 28 heavy (non-hydrogen) atoms. The van der Waals surface area contributed by atoms with Crippen LogP contribution in [0.1, 0.15) is 33.4 Å². The molecule has 0 fully saturated rings. The van der Waals surface area contributed by atoms with Crippen molar-refractivity contribution in [3.05, 3.63) is 51.3 Å². The number of esters is 1. The lowest BCUT2D eigenvalue weighted by atomic mass is 10.1. The third-order valence-electron chi connectivity index (χ3n) is 4.10. The van der Waals surface area contributed by atoms with Crippen LogP contribution >= 0.6 is 22.7 Å². The van der Waals surface area contributed by atoms with Gasteiger partial charge < -0.3 is 14.8 Å². The Bertz CT molecular complexity index is 1020. The highest BCUT2D eigenvalue weighted by atomic mass is 32.1. The minimum Gasteiger partial charge on any atom is -0.497 e. The van der Waals surface area contributed by atoms with Crippen molar-refractivity contribution in [1.29, 1.82) is 0 Å². The van der Waals surface area contributed by atoms with Crippen LogP contribution in [0.15, 0.2) is 29.6 Å². The SMILES string of the molecule is COc1cccc(-c2nc(COC(=O)c3c(NC(C)=O)sc(C)c3C)cs2)c1. The molecule has 0 aliphatic carbocycles. The summed E-state index contributed by atoms with van der Waals surface area (Å²) in [5, 5.41) is 5.91. The third-order valence-corrected chi connectivity index (χ3v) is 6.16. The fraction of sp³-hybridized carbons (Fsp3) is 0.250. The molecule has 0 atom stereocenters. The topological polar surface area (TPSA) is 77.5 Å². The summed E-state index contributed by atoms with van der Waals surface area (Å²) in [7, 11) is 1.62. The number of aryl methyl sites for hydroxylation is 1. The molecular formula is C20H20N2O4S2. The molecule has 0 aliphatic rings. The molecule has 0 spiro atoms. The summed E-state index contributed by atoms with van der Waals surface area (Å²) in [4.78, 5) is 29.5. The average molecular weight is 417 g/mol. The van der Waals surface area contributed by atoms with Gasteiger partial charge in [-0.3, -0.25) is 4.79 Å². The van der Waals surface area contributed by atoms with Gasteiger partial charge in [0.2, 0.25) is 5.91 Å². The molecule has 3 aromatic rings. The lowest BCUT2D eigenvalue weighted by Gasteiger charge is -2.06. The number of nitrogens with one attached hydrogen (secondary N) is 1. The second-order valence-electron chi connectivity index (χ2n) is 6.12. The summed E-state index contributed by atoms with van der Waals surface area (Å²) < 4.78 is 10.7. The lowest BCUT2D eigenvalue weighted by Crippen LogP contribution is -2.12. The number of carbonyl (C=O) groups excluding carboxylic acids is 2. The number of carbonyl (C=O) groups is 2. The summed E-state index contributed by atoms with van der Waals surface area (Å²) in [6, 6.07) is 7.64. The van der Waals surface area contributed by atoms with Crippen LogP contribution in [-0.4, -0.2) is 24.0 Å². The van der Waals surface area contributed by atoms with Gasteiger partial charge in [-0.1, -0.05) is 12.1 Å². The molecule has 3 rings (SSSR count). The van der Waals surface area contributed by atoms with Gasteiger partial charge in [-0.25, -0.2) is 9.78 Å². The largest absolute Gasteiger partial charge is 0.497 e. The van der Waals surface area contributed by atoms with Crippen molar-refractivity contribution in [2.75, 3.05) is 12.4 Å². The maximum Gasteiger partial charge on any atom is 0.341 e. The van der Waals surface area contributed by atoms with Gasteiger partial charge in [0.25, 0.3) is 0 Å². The van der Waals surface area contributed by atoms with Gasteiger partial charge in [0.15, 0.2) is 0 Å². The Morgan fingerprint density at radius 1 is 1.25 bits per heavy atom. The normalized spacial score (nSPS) is 10.6. The second kappa shape index (κ2) is 8.53. The predicted octanol–water partition coefficient (Wildman–Crippen LogP) is 4.81. The Labute approximate surface area is 171 Å². The molecule has 0 aliphatic heterocycles. The van der Waals surface area contributed by atoms with E-state index in [9.17, 15) is 9.59 Å². The third kappa shape index (κ3) is 4.40. The number of aromatic nitrogens is 1. The summed E-state index contributed by atoms with van der Waals surface area (Å²) in [5.74, 6) is 0.0637. The zero-order valence-electron chi connectivity index (χ0n) is 16.0. The van der Waals surface area contributed by atoms with Crippen LogP contribution in [0.5, 0.6) is 5.75 Å². The van der Waals surface area contributed by atoms with Crippen molar-refractivity contribution in [3.63, 3.8) is 0 Å². The highest BCUT2D eigenvalue weighted by molar-refractivity contribution is 7.16. The second-order valence-corrected chi connectivity index (χ2v) is 8.20. The van der Waals surface area contributed by atoms with Crippen LogP contribution in [0.3, 0.4) is 0 Å². The molecule has 2 aromatic heterocycles. The van der Waals surface area contributed by atoms with Crippen molar-refractivity contribution in [3.8, 4) is 16.3 Å². The monoisotopic (exact) mass is 416 g/mol. The number of benzene rings is 1. The number of rotatable bonds is 6. The maximum atomic E-state index is 12.6. The Kier molecular flexibility index (Phi) is 6.11. The maximum absolute atomic E-state index is 12.6. The van der Waals surface area contributed by atoms with E-state index >= 15 is 0 Å². The van der Waals surface area contributed by atoms with E-state index in [1.54, 1.807) is 7.11 Å². The number of hydrogen-bond donors (Lipinski definition) is 1. The van der Waals surface area contributed by atoms with E-state index in [-0.39, 0.29) is 12.5 Å². The molecule has 146 valence electrons. The number of methoxy groups -OCH3 is 1. The first kappa shape index (κ1) is 20.0. The zero-order valence-corrected chi connectivity index (χ0v) is 17.6. The van der Waals surface area contributed by atoms with Crippen molar-refractivity contribution in [1.82, 2.24) is 4.98 Å². The number of thiazole rings is 1. The van der Waals surface area contributed by atoms with E-state index in [2.05, 4.69) is 10.3 Å². The Hall–Kier alpha value is -2.71. The first-order chi connectivity index (χ1) is 13.4. The van der Waals surface area contributed by atoms with E-state index in [0.717, 1.165) is 26.8 Å². The van der Waals surface area contributed by atoms with Crippen LogP contribution < -0.4 is 10.1 Å². The first-order valence-corrected chi connectivity index (χ1v) is 10.2. The fourth-order valence-electron chi connectivity index (χ4n) is 2.59. The van der Waals surface area contributed by atoms with Gasteiger partial charge in [0.05, 0.1) is 18.4 Å². The Balaban J connectivity index is 1.72. The van der Waals surface area contributed by atoms with Gasteiger partial charge >= 0.3 is 5.97 Å². The predicted molar refractivity (Wildman–Crippen MR) is 111 cm³/mol. The van der Waals surface area contributed by atoms with Gasteiger partial charge in [-0.2, -0.15) is 0 Å². The molecule has 8 heteroatoms. The highest BCUT2D eigenvalue weighted by Crippen LogP contribution is 2.33. The summed E-state index contributed by atoms with van der Waals surface area (Å²) in [6.07, 6.45) is 0. The zero-order chi connectivity index (χ0) is 20.3. The summed E-state index contributed by atoms with van der Waals surface area (Å²) in [6.45, 7) is 5.22. The van der Waals surface area contributed by atoms with Gasteiger partial charge in [0.1, 0.15) is 22.4 Å². The number of ether oxygens (including phenoxy) is 2. The van der Waals surface area contributed by atoms with Gasteiger partial charge in [0, 0.05) is 22.7 Å². The molecule has 0 radical (unpaired) electrons. The van der Waals surface area contributed by atoms with Gasteiger partial charge in [-0.15, -0.1) is 22.7 Å². The first-order valence-electron chi connectivity index (χ1n) is 8.52. The van der Waals surface area contributed by atoms with Crippen molar-refractivity contribution in [2.45, 2.75) is 27.4 Å². The molecule has 0 bridgehead atoms. The molecule has 1 aromatic carbocycles. The molecule has 0 saturated heterocycles. The molecule has 0 saturated carbocycles. The van der Waals surface area contributed by atoms with E-state index in [1.165, 1.54) is 29.6 Å².